The van der Waals surface area contributed by atoms with Crippen molar-refractivity contribution in [3.8, 4) is 5.75 Å². The van der Waals surface area contributed by atoms with Crippen molar-refractivity contribution in [3.63, 3.8) is 0 Å². The van der Waals surface area contributed by atoms with E-state index in [9.17, 15) is 23.1 Å². The number of carbonyl (C=O) groups is 1. The number of phenolic OH excluding ortho intramolecular Hbond substituents is 1. The molecule has 20 heavy (non-hydrogen) atoms. The molecular weight excluding hydrogens is 275 g/mol. The number of hydrogen-bond donors (Lipinski definition) is 2. The first-order valence-corrected chi connectivity index (χ1v) is 5.58. The fourth-order valence-electron chi connectivity index (χ4n) is 1.68. The molecule has 0 aromatic heterocycles. The fourth-order valence-corrected chi connectivity index (χ4v) is 1.68. The van der Waals surface area contributed by atoms with Gasteiger partial charge in [0.25, 0.3) is 5.91 Å². The molecule has 2 aromatic carbocycles. The third kappa shape index (κ3) is 3.18. The van der Waals surface area contributed by atoms with Crippen molar-refractivity contribution in [3.05, 3.63) is 42.0 Å². The number of amides is 1. The van der Waals surface area contributed by atoms with Crippen LogP contribution in [-0.2, 0) is 4.84 Å². The highest BCUT2D eigenvalue weighted by molar-refractivity contribution is 6.03. The molecule has 0 saturated heterocycles. The number of rotatable bonds is 3. The summed E-state index contributed by atoms with van der Waals surface area (Å²) in [5, 5.41) is 11.1. The molecular formula is C13H10F3NO3. The first-order valence-electron chi connectivity index (χ1n) is 5.58. The van der Waals surface area contributed by atoms with Crippen molar-refractivity contribution in [2.45, 2.75) is 6.18 Å². The Labute approximate surface area is 111 Å². The number of carbonyl (C=O) groups excluding carboxylic acids is 1. The van der Waals surface area contributed by atoms with Gasteiger partial charge in [0.15, 0.2) is 6.61 Å². The van der Waals surface area contributed by atoms with Gasteiger partial charge in [0.1, 0.15) is 5.75 Å². The predicted octanol–water partition coefficient (Wildman–Crippen LogP) is 2.77. The van der Waals surface area contributed by atoms with Gasteiger partial charge in [-0.1, -0.05) is 30.3 Å². The van der Waals surface area contributed by atoms with Crippen molar-refractivity contribution in [1.82, 2.24) is 5.48 Å². The SMILES string of the molecule is O=C(NOCC(F)(F)F)c1ccc2ccccc2c1O. The Morgan fingerprint density at radius 3 is 2.60 bits per heavy atom. The molecule has 0 atom stereocenters. The lowest BCUT2D eigenvalue weighted by Crippen LogP contribution is -2.29. The second-order valence-electron chi connectivity index (χ2n) is 4.02. The second kappa shape index (κ2) is 5.38. The lowest BCUT2D eigenvalue weighted by molar-refractivity contribution is -0.184. The minimum atomic E-state index is -4.54. The smallest absolute Gasteiger partial charge is 0.414 e. The lowest BCUT2D eigenvalue weighted by Gasteiger charge is -2.10. The molecule has 0 aliphatic rings. The van der Waals surface area contributed by atoms with Gasteiger partial charge in [0.2, 0.25) is 0 Å². The van der Waals surface area contributed by atoms with Gasteiger partial charge in [0.05, 0.1) is 5.56 Å². The molecule has 0 spiro atoms. The van der Waals surface area contributed by atoms with E-state index < -0.39 is 18.7 Å². The Bertz CT molecular complexity index is 640. The Hall–Kier alpha value is -2.28. The van der Waals surface area contributed by atoms with Gasteiger partial charge in [-0.25, -0.2) is 5.48 Å². The summed E-state index contributed by atoms with van der Waals surface area (Å²) in [5.74, 6) is -1.26. The number of fused-ring (bicyclic) bond motifs is 1. The molecule has 4 nitrogen and oxygen atoms in total. The molecule has 0 unspecified atom stereocenters. The number of aromatic hydroxyl groups is 1. The Morgan fingerprint density at radius 1 is 1.20 bits per heavy atom. The minimum absolute atomic E-state index is 0.161. The molecule has 0 bridgehead atoms. The van der Waals surface area contributed by atoms with Crippen LogP contribution < -0.4 is 5.48 Å². The van der Waals surface area contributed by atoms with E-state index in [0.29, 0.717) is 10.8 Å². The molecule has 0 aliphatic heterocycles. The summed E-state index contributed by atoms with van der Waals surface area (Å²) in [6.45, 7) is -1.60. The standard InChI is InChI=1S/C13H10F3NO3/c14-13(15,16)7-20-17-12(19)10-6-5-8-3-1-2-4-9(8)11(10)18/h1-6,18H,7H2,(H,17,19). The molecule has 0 fully saturated rings. The van der Waals surface area contributed by atoms with Crippen LogP contribution in [0.1, 0.15) is 10.4 Å². The van der Waals surface area contributed by atoms with Gasteiger partial charge in [-0.05, 0) is 11.5 Å². The van der Waals surface area contributed by atoms with E-state index in [1.54, 1.807) is 35.8 Å². The second-order valence-corrected chi connectivity index (χ2v) is 4.02. The van der Waals surface area contributed by atoms with Crippen LogP contribution in [0.2, 0.25) is 0 Å². The van der Waals surface area contributed by atoms with Gasteiger partial charge in [-0.3, -0.25) is 9.63 Å². The number of alkyl halides is 3. The van der Waals surface area contributed by atoms with Crippen LogP contribution in [0.25, 0.3) is 10.8 Å². The molecule has 0 saturated carbocycles. The summed E-state index contributed by atoms with van der Waals surface area (Å²) in [6, 6.07) is 9.64. The maximum atomic E-state index is 11.9. The molecule has 7 heteroatoms. The van der Waals surface area contributed by atoms with Crippen LogP contribution in [0.15, 0.2) is 36.4 Å². The highest BCUT2D eigenvalue weighted by Gasteiger charge is 2.28. The zero-order valence-corrected chi connectivity index (χ0v) is 10.1. The summed E-state index contributed by atoms with van der Waals surface area (Å²) in [5.41, 5.74) is 1.48. The summed E-state index contributed by atoms with van der Waals surface area (Å²) in [7, 11) is 0. The zero-order chi connectivity index (χ0) is 14.8. The van der Waals surface area contributed by atoms with Gasteiger partial charge in [0, 0.05) is 5.39 Å². The molecule has 2 N–H and O–H groups in total. The molecule has 106 valence electrons. The zero-order valence-electron chi connectivity index (χ0n) is 10.1. The summed E-state index contributed by atoms with van der Waals surface area (Å²) < 4.78 is 35.6. The molecule has 2 rings (SSSR count). The summed E-state index contributed by atoms with van der Waals surface area (Å²) in [6.07, 6.45) is -4.54. The summed E-state index contributed by atoms with van der Waals surface area (Å²) >= 11 is 0. The van der Waals surface area contributed by atoms with Crippen molar-refractivity contribution in [2.24, 2.45) is 0 Å². The van der Waals surface area contributed by atoms with Crippen molar-refractivity contribution in [2.75, 3.05) is 6.61 Å². The highest BCUT2D eigenvalue weighted by Crippen LogP contribution is 2.28. The topological polar surface area (TPSA) is 58.6 Å². The van der Waals surface area contributed by atoms with E-state index >= 15 is 0 Å². The first-order chi connectivity index (χ1) is 9.38. The highest BCUT2D eigenvalue weighted by atomic mass is 19.4. The molecule has 0 aliphatic carbocycles. The number of phenols is 1. The molecule has 0 radical (unpaired) electrons. The van der Waals surface area contributed by atoms with Gasteiger partial charge < -0.3 is 5.11 Å². The Morgan fingerprint density at radius 2 is 1.90 bits per heavy atom. The quantitative estimate of drug-likeness (QED) is 0.852. The van der Waals surface area contributed by atoms with Crippen LogP contribution in [-0.4, -0.2) is 23.8 Å². The number of nitrogens with one attached hydrogen (secondary N) is 1. The van der Waals surface area contributed by atoms with Gasteiger partial charge in [-0.15, -0.1) is 0 Å². The van der Waals surface area contributed by atoms with E-state index in [0.717, 1.165) is 0 Å². The fraction of sp³-hybridized carbons (Fsp3) is 0.154. The monoisotopic (exact) mass is 285 g/mol. The number of benzene rings is 2. The molecule has 0 heterocycles. The summed E-state index contributed by atoms with van der Waals surface area (Å²) in [4.78, 5) is 15.7. The van der Waals surface area contributed by atoms with E-state index in [-0.39, 0.29) is 11.3 Å². The van der Waals surface area contributed by atoms with Crippen molar-refractivity contribution >= 4 is 16.7 Å². The maximum absolute atomic E-state index is 11.9. The molecule has 1 amide bonds. The predicted molar refractivity (Wildman–Crippen MR) is 65.1 cm³/mol. The average Bonchev–Trinajstić information content (AvgIpc) is 2.38. The van der Waals surface area contributed by atoms with Crippen LogP contribution in [0.4, 0.5) is 13.2 Å². The van der Waals surface area contributed by atoms with E-state index in [1.807, 2.05) is 0 Å². The first kappa shape index (κ1) is 14.1. The molecule has 2 aromatic rings. The van der Waals surface area contributed by atoms with Crippen molar-refractivity contribution in [1.29, 1.82) is 0 Å². The Kier molecular flexibility index (Phi) is 3.80. The largest absolute Gasteiger partial charge is 0.506 e. The Balaban J connectivity index is 2.16. The van der Waals surface area contributed by atoms with Crippen molar-refractivity contribution < 1.29 is 27.9 Å². The third-order valence-corrected chi connectivity index (χ3v) is 2.55. The van der Waals surface area contributed by atoms with Crippen LogP contribution in [0.5, 0.6) is 5.75 Å². The average molecular weight is 285 g/mol. The van der Waals surface area contributed by atoms with Crippen LogP contribution in [0.3, 0.4) is 0 Å². The van der Waals surface area contributed by atoms with Crippen LogP contribution in [0, 0.1) is 0 Å². The van der Waals surface area contributed by atoms with Crippen LogP contribution >= 0.6 is 0 Å². The third-order valence-electron chi connectivity index (χ3n) is 2.55. The minimum Gasteiger partial charge on any atom is -0.506 e. The van der Waals surface area contributed by atoms with E-state index in [2.05, 4.69) is 4.84 Å². The normalized spacial score (nSPS) is 11.6. The number of hydrogen-bond acceptors (Lipinski definition) is 3. The number of hydroxylamine groups is 1. The van der Waals surface area contributed by atoms with Gasteiger partial charge >= 0.3 is 6.18 Å². The van der Waals surface area contributed by atoms with E-state index in [1.165, 1.54) is 6.07 Å². The van der Waals surface area contributed by atoms with E-state index in [4.69, 9.17) is 0 Å². The number of halogens is 3. The van der Waals surface area contributed by atoms with Gasteiger partial charge in [-0.2, -0.15) is 13.2 Å². The lowest BCUT2D eigenvalue weighted by atomic mass is 10.1. The maximum Gasteiger partial charge on any atom is 0.414 e.